The van der Waals surface area contributed by atoms with Gasteiger partial charge < -0.3 is 15.1 Å². The standard InChI is InChI=1S/C22H24FN5/c1-2-27-11-13-28(14-12-27)22-25-20(17-7-4-3-5-8-17)16-21(26-22)24-19-10-6-9-18(23)15-19/h3-10,15-16H,2,11-14H2,1H3,(H,24,25,26). The van der Waals surface area contributed by atoms with Crippen molar-refractivity contribution in [3.63, 3.8) is 0 Å². The summed E-state index contributed by atoms with van der Waals surface area (Å²) in [5, 5.41) is 3.23. The Kier molecular flexibility index (Phi) is 5.48. The summed E-state index contributed by atoms with van der Waals surface area (Å²) >= 11 is 0. The van der Waals surface area contributed by atoms with Gasteiger partial charge in [-0.15, -0.1) is 0 Å². The van der Waals surface area contributed by atoms with E-state index in [9.17, 15) is 4.39 Å². The normalized spacial score (nSPS) is 14.9. The van der Waals surface area contributed by atoms with Crippen molar-refractivity contribution < 1.29 is 4.39 Å². The molecular formula is C22H24FN5. The molecule has 0 aliphatic carbocycles. The van der Waals surface area contributed by atoms with Crippen LogP contribution in [0.1, 0.15) is 6.92 Å². The summed E-state index contributed by atoms with van der Waals surface area (Å²) in [5.41, 5.74) is 2.54. The first-order valence-corrected chi connectivity index (χ1v) is 9.65. The fourth-order valence-corrected chi connectivity index (χ4v) is 3.37. The molecular weight excluding hydrogens is 353 g/mol. The van der Waals surface area contributed by atoms with E-state index in [-0.39, 0.29) is 5.82 Å². The van der Waals surface area contributed by atoms with Crippen molar-refractivity contribution in [3.05, 3.63) is 66.5 Å². The summed E-state index contributed by atoms with van der Waals surface area (Å²) in [4.78, 5) is 14.2. The van der Waals surface area contributed by atoms with E-state index in [1.807, 2.05) is 42.5 Å². The Hall–Kier alpha value is -2.99. The minimum atomic E-state index is -0.279. The zero-order chi connectivity index (χ0) is 19.3. The second-order valence-electron chi connectivity index (χ2n) is 6.86. The minimum absolute atomic E-state index is 0.279. The van der Waals surface area contributed by atoms with E-state index in [1.54, 1.807) is 6.07 Å². The average Bonchev–Trinajstić information content (AvgIpc) is 2.74. The fourth-order valence-electron chi connectivity index (χ4n) is 3.37. The first kappa shape index (κ1) is 18.4. The number of piperazine rings is 1. The lowest BCUT2D eigenvalue weighted by molar-refractivity contribution is 0.270. The lowest BCUT2D eigenvalue weighted by Crippen LogP contribution is -2.46. The molecule has 1 N–H and O–H groups in total. The van der Waals surface area contributed by atoms with E-state index >= 15 is 0 Å². The monoisotopic (exact) mass is 377 g/mol. The van der Waals surface area contributed by atoms with Crippen LogP contribution < -0.4 is 10.2 Å². The molecule has 2 heterocycles. The largest absolute Gasteiger partial charge is 0.340 e. The number of rotatable bonds is 5. The molecule has 4 rings (SSSR count). The first-order chi connectivity index (χ1) is 13.7. The number of hydrogen-bond acceptors (Lipinski definition) is 5. The van der Waals surface area contributed by atoms with E-state index in [0.717, 1.165) is 44.0 Å². The molecule has 0 unspecified atom stereocenters. The third-order valence-electron chi connectivity index (χ3n) is 4.98. The van der Waals surface area contributed by atoms with Crippen LogP contribution in [0.15, 0.2) is 60.7 Å². The highest BCUT2D eigenvalue weighted by molar-refractivity contribution is 5.67. The van der Waals surface area contributed by atoms with Gasteiger partial charge in [-0.3, -0.25) is 0 Å². The zero-order valence-corrected chi connectivity index (χ0v) is 16.0. The molecule has 0 bridgehead atoms. The summed E-state index contributed by atoms with van der Waals surface area (Å²) in [6, 6.07) is 18.4. The van der Waals surface area contributed by atoms with Gasteiger partial charge in [-0.25, -0.2) is 9.37 Å². The van der Waals surface area contributed by atoms with Crippen LogP contribution in [0, 0.1) is 5.82 Å². The van der Waals surface area contributed by atoms with E-state index < -0.39 is 0 Å². The van der Waals surface area contributed by atoms with Crippen LogP contribution in [-0.4, -0.2) is 47.6 Å². The molecule has 28 heavy (non-hydrogen) atoms. The number of anilines is 3. The average molecular weight is 377 g/mol. The van der Waals surface area contributed by atoms with Crippen molar-refractivity contribution in [1.82, 2.24) is 14.9 Å². The van der Waals surface area contributed by atoms with Crippen LogP contribution in [0.2, 0.25) is 0 Å². The molecule has 2 aromatic carbocycles. The van der Waals surface area contributed by atoms with E-state index in [4.69, 9.17) is 9.97 Å². The molecule has 1 saturated heterocycles. The molecule has 0 atom stereocenters. The van der Waals surface area contributed by atoms with E-state index in [0.29, 0.717) is 17.5 Å². The lowest BCUT2D eigenvalue weighted by atomic mass is 10.1. The third kappa shape index (κ3) is 4.28. The van der Waals surface area contributed by atoms with Crippen LogP contribution in [-0.2, 0) is 0 Å². The summed E-state index contributed by atoms with van der Waals surface area (Å²) in [6.45, 7) is 7.04. The molecule has 144 valence electrons. The van der Waals surface area contributed by atoms with Crippen molar-refractivity contribution in [2.24, 2.45) is 0 Å². The van der Waals surface area contributed by atoms with Gasteiger partial charge in [0.2, 0.25) is 5.95 Å². The van der Waals surface area contributed by atoms with Gasteiger partial charge in [0.1, 0.15) is 11.6 Å². The molecule has 3 aromatic rings. The maximum Gasteiger partial charge on any atom is 0.227 e. The summed E-state index contributed by atoms with van der Waals surface area (Å²) in [7, 11) is 0. The minimum Gasteiger partial charge on any atom is -0.340 e. The van der Waals surface area contributed by atoms with Crippen molar-refractivity contribution in [2.75, 3.05) is 42.9 Å². The lowest BCUT2D eigenvalue weighted by Gasteiger charge is -2.34. The SMILES string of the molecule is CCN1CCN(c2nc(Nc3cccc(F)c3)cc(-c3ccccc3)n2)CC1. The molecule has 0 spiro atoms. The van der Waals surface area contributed by atoms with E-state index in [1.165, 1.54) is 12.1 Å². The number of nitrogens with one attached hydrogen (secondary N) is 1. The van der Waals surface area contributed by atoms with Gasteiger partial charge in [0.25, 0.3) is 0 Å². The molecule has 1 aliphatic rings. The van der Waals surface area contributed by atoms with Gasteiger partial charge in [0, 0.05) is 43.5 Å². The van der Waals surface area contributed by atoms with Crippen LogP contribution in [0.3, 0.4) is 0 Å². The Labute approximate surface area is 164 Å². The molecule has 0 amide bonds. The Morgan fingerprint density at radius 2 is 1.71 bits per heavy atom. The smallest absolute Gasteiger partial charge is 0.227 e. The molecule has 1 aliphatic heterocycles. The second kappa shape index (κ2) is 8.35. The number of benzene rings is 2. The topological polar surface area (TPSA) is 44.3 Å². The molecule has 0 saturated carbocycles. The Bertz CT molecular complexity index is 923. The van der Waals surface area contributed by atoms with Gasteiger partial charge in [-0.2, -0.15) is 4.98 Å². The molecule has 6 heteroatoms. The van der Waals surface area contributed by atoms with Crippen LogP contribution in [0.5, 0.6) is 0 Å². The molecule has 1 aromatic heterocycles. The van der Waals surface area contributed by atoms with Crippen LogP contribution >= 0.6 is 0 Å². The molecule has 0 radical (unpaired) electrons. The fraction of sp³-hybridized carbons (Fsp3) is 0.273. The second-order valence-corrected chi connectivity index (χ2v) is 6.86. The zero-order valence-electron chi connectivity index (χ0n) is 16.0. The van der Waals surface area contributed by atoms with Gasteiger partial charge in [0.05, 0.1) is 5.69 Å². The number of likely N-dealkylation sites (N-methyl/N-ethyl adjacent to an activating group) is 1. The number of hydrogen-bond donors (Lipinski definition) is 1. The maximum atomic E-state index is 13.6. The van der Waals surface area contributed by atoms with Gasteiger partial charge in [0.15, 0.2) is 0 Å². The number of nitrogens with zero attached hydrogens (tertiary/aromatic N) is 4. The van der Waals surface area contributed by atoms with Crippen molar-refractivity contribution in [3.8, 4) is 11.3 Å². The van der Waals surface area contributed by atoms with Crippen molar-refractivity contribution in [2.45, 2.75) is 6.92 Å². The Morgan fingerprint density at radius 3 is 2.43 bits per heavy atom. The predicted octanol–water partition coefficient (Wildman–Crippen LogP) is 4.17. The Balaban J connectivity index is 1.67. The Morgan fingerprint density at radius 1 is 0.929 bits per heavy atom. The third-order valence-corrected chi connectivity index (χ3v) is 4.98. The first-order valence-electron chi connectivity index (χ1n) is 9.65. The van der Waals surface area contributed by atoms with Crippen molar-refractivity contribution >= 4 is 17.5 Å². The van der Waals surface area contributed by atoms with Crippen LogP contribution in [0.25, 0.3) is 11.3 Å². The van der Waals surface area contributed by atoms with Gasteiger partial charge >= 0.3 is 0 Å². The number of aromatic nitrogens is 2. The van der Waals surface area contributed by atoms with Gasteiger partial charge in [-0.1, -0.05) is 43.3 Å². The summed E-state index contributed by atoms with van der Waals surface area (Å²) < 4.78 is 13.6. The predicted molar refractivity (Wildman–Crippen MR) is 111 cm³/mol. The maximum absolute atomic E-state index is 13.6. The number of halogens is 1. The van der Waals surface area contributed by atoms with Gasteiger partial charge in [-0.05, 0) is 24.7 Å². The molecule has 5 nitrogen and oxygen atoms in total. The quantitative estimate of drug-likeness (QED) is 0.723. The van der Waals surface area contributed by atoms with Crippen LogP contribution in [0.4, 0.5) is 21.8 Å². The highest BCUT2D eigenvalue weighted by Crippen LogP contribution is 2.25. The highest BCUT2D eigenvalue weighted by atomic mass is 19.1. The van der Waals surface area contributed by atoms with E-state index in [2.05, 4.69) is 22.0 Å². The van der Waals surface area contributed by atoms with Crippen molar-refractivity contribution in [1.29, 1.82) is 0 Å². The summed E-state index contributed by atoms with van der Waals surface area (Å²) in [5.74, 6) is 1.08. The highest BCUT2D eigenvalue weighted by Gasteiger charge is 2.19. The summed E-state index contributed by atoms with van der Waals surface area (Å²) in [6.07, 6.45) is 0. The molecule has 1 fully saturated rings.